The third kappa shape index (κ3) is 2.38. The second-order valence-corrected chi connectivity index (χ2v) is 3.77. The van der Waals surface area contributed by atoms with Crippen LogP contribution in [0.25, 0.3) is 0 Å². The molecule has 1 aliphatic rings. The van der Waals surface area contributed by atoms with Gasteiger partial charge in [0.2, 0.25) is 5.91 Å². The summed E-state index contributed by atoms with van der Waals surface area (Å²) in [5.41, 5.74) is 1.26. The van der Waals surface area contributed by atoms with E-state index in [1.165, 1.54) is 5.48 Å². The van der Waals surface area contributed by atoms with Crippen LogP contribution in [0.5, 0.6) is 0 Å². The summed E-state index contributed by atoms with van der Waals surface area (Å²) in [7, 11) is 0. The number of halogens is 1. The fraction of sp³-hybridized carbons (Fsp3) is 0.300. The quantitative estimate of drug-likeness (QED) is 0.435. The number of carbonyl (C=O) groups excluding carboxylic acids is 2. The van der Waals surface area contributed by atoms with Crippen molar-refractivity contribution in [1.82, 2.24) is 15.8 Å². The zero-order valence-electron chi connectivity index (χ0n) is 9.24. The van der Waals surface area contributed by atoms with Crippen molar-refractivity contribution < 1.29 is 19.2 Å². The molecule has 96 valence electrons. The van der Waals surface area contributed by atoms with Crippen LogP contribution in [0.2, 0.25) is 0 Å². The first-order valence-electron chi connectivity index (χ1n) is 5.26. The maximum Gasteiger partial charge on any atom is 0.276 e. The lowest BCUT2D eigenvalue weighted by Gasteiger charge is -2.11. The Kier molecular flexibility index (Phi) is 3.38. The van der Waals surface area contributed by atoms with Crippen LogP contribution in [0.15, 0.2) is 12.3 Å². The van der Waals surface area contributed by atoms with Crippen LogP contribution in [0, 0.1) is 5.82 Å². The Morgan fingerprint density at radius 2 is 2.39 bits per heavy atom. The molecule has 0 saturated carbocycles. The molecule has 0 bridgehead atoms. The third-order valence-corrected chi connectivity index (χ3v) is 2.56. The van der Waals surface area contributed by atoms with Crippen molar-refractivity contribution in [3.63, 3.8) is 0 Å². The SMILES string of the molecule is O=C(NO)c1cnc(N[C@@H]2CCNC2=O)c(F)c1. The van der Waals surface area contributed by atoms with Crippen molar-refractivity contribution in [2.24, 2.45) is 0 Å². The highest BCUT2D eigenvalue weighted by Gasteiger charge is 2.25. The Balaban J connectivity index is 2.14. The molecule has 0 aliphatic carbocycles. The van der Waals surface area contributed by atoms with E-state index in [0.717, 1.165) is 12.3 Å². The van der Waals surface area contributed by atoms with Crippen LogP contribution < -0.4 is 16.1 Å². The van der Waals surface area contributed by atoms with Gasteiger partial charge in [0.15, 0.2) is 11.6 Å². The van der Waals surface area contributed by atoms with Gasteiger partial charge in [-0.1, -0.05) is 0 Å². The van der Waals surface area contributed by atoms with E-state index < -0.39 is 17.8 Å². The van der Waals surface area contributed by atoms with Gasteiger partial charge in [0, 0.05) is 12.7 Å². The number of anilines is 1. The second kappa shape index (κ2) is 4.96. The van der Waals surface area contributed by atoms with Crippen LogP contribution in [-0.2, 0) is 4.79 Å². The smallest absolute Gasteiger partial charge is 0.276 e. The average Bonchev–Trinajstić information content (AvgIpc) is 2.76. The molecule has 18 heavy (non-hydrogen) atoms. The van der Waals surface area contributed by atoms with Crippen molar-refractivity contribution in [3.05, 3.63) is 23.6 Å². The molecule has 0 aromatic carbocycles. The second-order valence-electron chi connectivity index (χ2n) is 3.77. The summed E-state index contributed by atoms with van der Waals surface area (Å²) in [4.78, 5) is 26.0. The molecule has 1 aliphatic heterocycles. The van der Waals surface area contributed by atoms with Gasteiger partial charge in [-0.3, -0.25) is 14.8 Å². The molecule has 2 rings (SSSR count). The topological polar surface area (TPSA) is 103 Å². The van der Waals surface area contributed by atoms with E-state index in [4.69, 9.17) is 5.21 Å². The van der Waals surface area contributed by atoms with Crippen LogP contribution in [-0.4, -0.2) is 34.6 Å². The number of hydrogen-bond acceptors (Lipinski definition) is 5. The molecule has 1 fully saturated rings. The number of rotatable bonds is 3. The first-order valence-corrected chi connectivity index (χ1v) is 5.26. The molecule has 0 radical (unpaired) electrons. The van der Waals surface area contributed by atoms with Gasteiger partial charge in [-0.2, -0.15) is 0 Å². The summed E-state index contributed by atoms with van der Waals surface area (Å²) in [6, 6.07) is 0.401. The number of nitrogens with zero attached hydrogens (tertiary/aromatic N) is 1. The van der Waals surface area contributed by atoms with Gasteiger partial charge >= 0.3 is 0 Å². The number of nitrogens with one attached hydrogen (secondary N) is 3. The highest BCUT2D eigenvalue weighted by Crippen LogP contribution is 2.15. The Labute approximate surface area is 101 Å². The minimum absolute atomic E-state index is 0.105. The Hall–Kier alpha value is -2.22. The number of carbonyl (C=O) groups is 2. The lowest BCUT2D eigenvalue weighted by molar-refractivity contribution is -0.119. The van der Waals surface area contributed by atoms with E-state index in [1.54, 1.807) is 0 Å². The molecular formula is C10H11FN4O3. The minimum Gasteiger partial charge on any atom is -0.356 e. The number of hydrogen-bond donors (Lipinski definition) is 4. The number of aromatic nitrogens is 1. The molecule has 1 saturated heterocycles. The average molecular weight is 254 g/mol. The Bertz CT molecular complexity index is 494. The summed E-state index contributed by atoms with van der Waals surface area (Å²) in [6.07, 6.45) is 1.64. The molecule has 1 aromatic rings. The molecular weight excluding hydrogens is 243 g/mol. The summed E-state index contributed by atoms with van der Waals surface area (Å²) >= 11 is 0. The summed E-state index contributed by atoms with van der Waals surface area (Å²) in [6.45, 7) is 0.531. The predicted molar refractivity (Wildman–Crippen MR) is 58.5 cm³/mol. The number of hydroxylamine groups is 1. The molecule has 0 unspecified atom stereocenters. The lowest BCUT2D eigenvalue weighted by atomic mass is 10.2. The fourth-order valence-electron chi connectivity index (χ4n) is 1.63. The molecule has 1 atom stereocenters. The van der Waals surface area contributed by atoms with E-state index in [-0.39, 0.29) is 17.3 Å². The zero-order valence-corrected chi connectivity index (χ0v) is 9.24. The van der Waals surface area contributed by atoms with Gasteiger partial charge in [-0.25, -0.2) is 14.9 Å². The first kappa shape index (κ1) is 12.2. The molecule has 2 heterocycles. The van der Waals surface area contributed by atoms with Crippen molar-refractivity contribution in [1.29, 1.82) is 0 Å². The van der Waals surface area contributed by atoms with Crippen molar-refractivity contribution >= 4 is 17.6 Å². The Morgan fingerprint density at radius 1 is 1.61 bits per heavy atom. The summed E-state index contributed by atoms with van der Waals surface area (Å²) in [5.74, 6) is -1.94. The minimum atomic E-state index is -0.855. The molecule has 7 nitrogen and oxygen atoms in total. The van der Waals surface area contributed by atoms with Crippen LogP contribution >= 0.6 is 0 Å². The molecule has 8 heteroatoms. The normalized spacial score (nSPS) is 18.3. The molecule has 2 amide bonds. The molecule has 4 N–H and O–H groups in total. The van der Waals surface area contributed by atoms with Gasteiger partial charge in [0.05, 0.1) is 5.56 Å². The van der Waals surface area contributed by atoms with Crippen molar-refractivity contribution in [2.75, 3.05) is 11.9 Å². The Morgan fingerprint density at radius 3 is 2.94 bits per heavy atom. The van der Waals surface area contributed by atoms with E-state index in [2.05, 4.69) is 15.6 Å². The lowest BCUT2D eigenvalue weighted by Crippen LogP contribution is -2.30. The summed E-state index contributed by atoms with van der Waals surface area (Å²) in [5, 5.41) is 13.6. The zero-order chi connectivity index (χ0) is 13.1. The number of pyridine rings is 1. The van der Waals surface area contributed by atoms with E-state index >= 15 is 0 Å². The maximum atomic E-state index is 13.6. The van der Waals surface area contributed by atoms with Crippen LogP contribution in [0.1, 0.15) is 16.8 Å². The highest BCUT2D eigenvalue weighted by atomic mass is 19.1. The van der Waals surface area contributed by atoms with Gasteiger partial charge < -0.3 is 10.6 Å². The first-order chi connectivity index (χ1) is 8.61. The van der Waals surface area contributed by atoms with E-state index in [1.807, 2.05) is 0 Å². The highest BCUT2D eigenvalue weighted by molar-refractivity contribution is 5.93. The number of amides is 2. The summed E-state index contributed by atoms with van der Waals surface area (Å²) < 4.78 is 13.6. The van der Waals surface area contributed by atoms with Gasteiger partial charge in [-0.05, 0) is 12.5 Å². The fourth-order valence-corrected chi connectivity index (χ4v) is 1.63. The monoisotopic (exact) mass is 254 g/mol. The third-order valence-electron chi connectivity index (χ3n) is 2.56. The predicted octanol–water partition coefficient (Wildman–Crippen LogP) is -0.360. The largest absolute Gasteiger partial charge is 0.356 e. The maximum absolute atomic E-state index is 13.6. The van der Waals surface area contributed by atoms with Crippen LogP contribution in [0.3, 0.4) is 0 Å². The van der Waals surface area contributed by atoms with Gasteiger partial charge in [-0.15, -0.1) is 0 Å². The van der Waals surface area contributed by atoms with Gasteiger partial charge in [0.1, 0.15) is 6.04 Å². The molecule has 1 aromatic heterocycles. The standard InChI is InChI=1S/C10H11FN4O3/c11-6-3-5(9(16)15-18)4-13-8(6)14-7-1-2-12-10(7)17/h3-4,7,18H,1-2H2,(H,12,17)(H,13,14)(H,15,16)/t7-/m1/s1. The van der Waals surface area contributed by atoms with Crippen molar-refractivity contribution in [3.8, 4) is 0 Å². The van der Waals surface area contributed by atoms with Gasteiger partial charge in [0.25, 0.3) is 5.91 Å². The van der Waals surface area contributed by atoms with Crippen molar-refractivity contribution in [2.45, 2.75) is 12.5 Å². The van der Waals surface area contributed by atoms with E-state index in [0.29, 0.717) is 13.0 Å². The molecule has 0 spiro atoms. The van der Waals surface area contributed by atoms with Crippen LogP contribution in [0.4, 0.5) is 10.2 Å². The van der Waals surface area contributed by atoms with E-state index in [9.17, 15) is 14.0 Å².